The highest BCUT2D eigenvalue weighted by molar-refractivity contribution is 9.09. The van der Waals surface area contributed by atoms with E-state index in [-0.39, 0.29) is 0 Å². The van der Waals surface area contributed by atoms with Gasteiger partial charge in [0.05, 0.1) is 16.4 Å². The van der Waals surface area contributed by atoms with Crippen LogP contribution in [0.2, 0.25) is 5.02 Å². The first-order valence-electron chi connectivity index (χ1n) is 6.96. The molecule has 0 bridgehead atoms. The molecule has 0 aromatic carbocycles. The van der Waals surface area contributed by atoms with Gasteiger partial charge in [-0.25, -0.2) is 0 Å². The minimum Gasteiger partial charge on any atom is -0.268 e. The zero-order valence-corrected chi connectivity index (χ0v) is 13.8. The monoisotopic (exact) mass is 332 g/mol. The lowest BCUT2D eigenvalue weighted by molar-refractivity contribution is 0.409. The zero-order chi connectivity index (χ0) is 13.3. The Morgan fingerprint density at radius 1 is 1.39 bits per heavy atom. The van der Waals surface area contributed by atoms with Gasteiger partial charge in [-0.2, -0.15) is 5.10 Å². The molecular formula is C14H22BrClN2. The van der Waals surface area contributed by atoms with Gasteiger partial charge < -0.3 is 0 Å². The van der Waals surface area contributed by atoms with Crippen molar-refractivity contribution in [3.05, 3.63) is 16.4 Å². The van der Waals surface area contributed by atoms with Crippen LogP contribution in [0.5, 0.6) is 0 Å². The average Bonchev–Trinajstić information content (AvgIpc) is 2.85. The van der Waals surface area contributed by atoms with Gasteiger partial charge in [-0.05, 0) is 44.4 Å². The molecule has 3 atom stereocenters. The summed E-state index contributed by atoms with van der Waals surface area (Å²) in [6, 6.07) is 0. The van der Waals surface area contributed by atoms with Crippen LogP contribution >= 0.6 is 27.5 Å². The standard InChI is InChI=1S/C14H22BrClN2/c1-4-12-14(16)13(18(5-2)17-12)8-10-6-7-11(15)9(10)3/h9-11H,4-8H2,1-3H3. The first-order valence-corrected chi connectivity index (χ1v) is 8.25. The number of rotatable bonds is 4. The molecule has 2 rings (SSSR count). The molecule has 0 saturated heterocycles. The fraction of sp³-hybridized carbons (Fsp3) is 0.786. The smallest absolute Gasteiger partial charge is 0.0849 e. The molecule has 3 unspecified atom stereocenters. The molecular weight excluding hydrogens is 312 g/mol. The van der Waals surface area contributed by atoms with Crippen LogP contribution in [0.1, 0.15) is 45.0 Å². The van der Waals surface area contributed by atoms with Crippen LogP contribution in [-0.2, 0) is 19.4 Å². The van der Waals surface area contributed by atoms with Gasteiger partial charge in [0, 0.05) is 11.4 Å². The Morgan fingerprint density at radius 2 is 2.11 bits per heavy atom. The number of hydrogen-bond donors (Lipinski definition) is 0. The number of alkyl halides is 1. The Balaban J connectivity index is 2.20. The maximum atomic E-state index is 6.48. The highest BCUT2D eigenvalue weighted by Gasteiger charge is 2.32. The number of halogens is 2. The first kappa shape index (κ1) is 14.4. The Kier molecular flexibility index (Phi) is 4.76. The molecule has 0 spiro atoms. The molecule has 1 aromatic heterocycles. The van der Waals surface area contributed by atoms with Gasteiger partial charge in [-0.3, -0.25) is 4.68 Å². The van der Waals surface area contributed by atoms with Gasteiger partial charge in [0.25, 0.3) is 0 Å². The maximum absolute atomic E-state index is 6.48. The third-order valence-electron chi connectivity index (χ3n) is 4.28. The van der Waals surface area contributed by atoms with E-state index in [1.54, 1.807) is 0 Å². The summed E-state index contributed by atoms with van der Waals surface area (Å²) < 4.78 is 2.09. The third-order valence-corrected chi connectivity index (χ3v) is 6.01. The van der Waals surface area contributed by atoms with Crippen molar-refractivity contribution < 1.29 is 0 Å². The SMILES string of the molecule is CCc1nn(CC)c(CC2CCC(Br)C2C)c1Cl. The second kappa shape index (κ2) is 5.96. The Hall–Kier alpha value is -0.0200. The van der Waals surface area contributed by atoms with Crippen LogP contribution in [0.4, 0.5) is 0 Å². The summed E-state index contributed by atoms with van der Waals surface area (Å²) in [5, 5.41) is 5.51. The number of hydrogen-bond acceptors (Lipinski definition) is 1. The van der Waals surface area contributed by atoms with E-state index in [0.717, 1.165) is 41.9 Å². The Labute approximate surface area is 123 Å². The predicted molar refractivity (Wildman–Crippen MR) is 80.6 cm³/mol. The van der Waals surface area contributed by atoms with Gasteiger partial charge in [-0.15, -0.1) is 0 Å². The molecule has 102 valence electrons. The molecule has 1 fully saturated rings. The predicted octanol–water partition coefficient (Wildman–Crippen LogP) is 4.47. The van der Waals surface area contributed by atoms with Crippen molar-refractivity contribution in [3.63, 3.8) is 0 Å². The molecule has 4 heteroatoms. The molecule has 1 aliphatic carbocycles. The molecule has 2 nitrogen and oxygen atoms in total. The lowest BCUT2D eigenvalue weighted by Crippen LogP contribution is -2.15. The molecule has 0 amide bonds. The van der Waals surface area contributed by atoms with Crippen molar-refractivity contribution in [2.24, 2.45) is 11.8 Å². The maximum Gasteiger partial charge on any atom is 0.0849 e. The van der Waals surface area contributed by atoms with E-state index in [4.69, 9.17) is 11.6 Å². The number of aromatic nitrogens is 2. The minimum atomic E-state index is 0.671. The molecule has 1 saturated carbocycles. The fourth-order valence-electron chi connectivity index (χ4n) is 2.94. The number of aryl methyl sites for hydroxylation is 2. The van der Waals surface area contributed by atoms with Crippen LogP contribution in [-0.4, -0.2) is 14.6 Å². The van der Waals surface area contributed by atoms with E-state index in [1.165, 1.54) is 18.5 Å². The van der Waals surface area contributed by atoms with Crippen LogP contribution < -0.4 is 0 Å². The van der Waals surface area contributed by atoms with Gasteiger partial charge >= 0.3 is 0 Å². The molecule has 1 aromatic rings. The molecule has 0 radical (unpaired) electrons. The zero-order valence-electron chi connectivity index (χ0n) is 11.4. The average molecular weight is 334 g/mol. The topological polar surface area (TPSA) is 17.8 Å². The molecule has 1 aliphatic rings. The quantitative estimate of drug-likeness (QED) is 0.743. The lowest BCUT2D eigenvalue weighted by atomic mass is 9.93. The van der Waals surface area contributed by atoms with Crippen molar-refractivity contribution in [3.8, 4) is 0 Å². The minimum absolute atomic E-state index is 0.671. The van der Waals surface area contributed by atoms with Crippen LogP contribution in [0, 0.1) is 11.8 Å². The molecule has 0 N–H and O–H groups in total. The van der Waals surface area contributed by atoms with Gasteiger partial charge in [0.15, 0.2) is 0 Å². The van der Waals surface area contributed by atoms with E-state index < -0.39 is 0 Å². The summed E-state index contributed by atoms with van der Waals surface area (Å²) in [5.41, 5.74) is 2.30. The van der Waals surface area contributed by atoms with E-state index in [0.29, 0.717) is 4.83 Å². The highest BCUT2D eigenvalue weighted by Crippen LogP contribution is 2.39. The largest absolute Gasteiger partial charge is 0.268 e. The van der Waals surface area contributed by atoms with Crippen LogP contribution in [0.25, 0.3) is 0 Å². The molecule has 18 heavy (non-hydrogen) atoms. The van der Waals surface area contributed by atoms with Gasteiger partial charge in [0.1, 0.15) is 0 Å². The molecule has 1 heterocycles. The Bertz CT molecular complexity index is 416. The van der Waals surface area contributed by atoms with Crippen molar-refractivity contribution in [2.45, 2.75) is 57.8 Å². The highest BCUT2D eigenvalue weighted by atomic mass is 79.9. The van der Waals surface area contributed by atoms with Crippen LogP contribution in [0.15, 0.2) is 0 Å². The second-order valence-corrected chi connectivity index (χ2v) is 6.85. The second-order valence-electron chi connectivity index (χ2n) is 5.29. The summed E-state index contributed by atoms with van der Waals surface area (Å²) in [5.74, 6) is 1.46. The Morgan fingerprint density at radius 3 is 2.61 bits per heavy atom. The summed E-state index contributed by atoms with van der Waals surface area (Å²) in [6.07, 6.45) is 4.57. The number of nitrogens with zero attached hydrogens (tertiary/aromatic N) is 2. The van der Waals surface area contributed by atoms with Gasteiger partial charge in [-0.1, -0.05) is 41.4 Å². The lowest BCUT2D eigenvalue weighted by Gasteiger charge is -2.18. The van der Waals surface area contributed by atoms with Crippen molar-refractivity contribution in [2.75, 3.05) is 0 Å². The van der Waals surface area contributed by atoms with E-state index in [9.17, 15) is 0 Å². The van der Waals surface area contributed by atoms with Crippen LogP contribution in [0.3, 0.4) is 0 Å². The summed E-state index contributed by atoms with van der Waals surface area (Å²) in [7, 11) is 0. The van der Waals surface area contributed by atoms with E-state index in [2.05, 4.69) is 46.5 Å². The third kappa shape index (κ3) is 2.62. The normalized spacial score (nSPS) is 27.9. The van der Waals surface area contributed by atoms with Crippen molar-refractivity contribution in [1.29, 1.82) is 0 Å². The van der Waals surface area contributed by atoms with Gasteiger partial charge in [0.2, 0.25) is 0 Å². The van der Waals surface area contributed by atoms with Crippen molar-refractivity contribution in [1.82, 2.24) is 9.78 Å². The molecule has 0 aliphatic heterocycles. The summed E-state index contributed by atoms with van der Waals surface area (Å²) in [4.78, 5) is 0.671. The van der Waals surface area contributed by atoms with E-state index in [1.807, 2.05) is 0 Å². The fourth-order valence-corrected chi connectivity index (χ4v) is 3.99. The summed E-state index contributed by atoms with van der Waals surface area (Å²) in [6.45, 7) is 7.51. The van der Waals surface area contributed by atoms with Crippen molar-refractivity contribution >= 4 is 27.5 Å². The van der Waals surface area contributed by atoms with E-state index >= 15 is 0 Å². The first-order chi connectivity index (χ1) is 8.58. The summed E-state index contributed by atoms with van der Waals surface area (Å²) >= 11 is 10.3.